The number of nitrogens with two attached hydrogens (primary N) is 1. The average Bonchev–Trinajstić information content (AvgIpc) is 2.89. The number of fused-ring (bicyclic) bond motifs is 1. The van der Waals surface area contributed by atoms with Crippen LogP contribution in [-0.4, -0.2) is 4.98 Å². The topological polar surface area (TPSA) is 52.0 Å². The number of aromatic nitrogens is 1. The largest absolute Gasteiger partial charge is 0.439 e. The normalized spacial score (nSPS) is 19.0. The van der Waals surface area contributed by atoms with Gasteiger partial charge in [0.15, 0.2) is 5.58 Å². The summed E-state index contributed by atoms with van der Waals surface area (Å²) in [6.45, 7) is 0. The van der Waals surface area contributed by atoms with Gasteiger partial charge in [0.25, 0.3) is 0 Å². The van der Waals surface area contributed by atoms with Gasteiger partial charge in [0.1, 0.15) is 5.52 Å². The van der Waals surface area contributed by atoms with Crippen LogP contribution in [0.5, 0.6) is 0 Å². The highest BCUT2D eigenvalue weighted by Crippen LogP contribution is 2.35. The first kappa shape index (κ1) is 14.4. The van der Waals surface area contributed by atoms with Crippen LogP contribution in [0.4, 0.5) is 13.2 Å². The molecule has 114 valence electrons. The molecule has 21 heavy (non-hydrogen) atoms. The Hall–Kier alpha value is -1.56. The Labute approximate surface area is 120 Å². The van der Waals surface area contributed by atoms with Gasteiger partial charge in [-0.15, -0.1) is 0 Å². The van der Waals surface area contributed by atoms with Crippen molar-refractivity contribution in [1.29, 1.82) is 0 Å². The smallest absolute Gasteiger partial charge is 0.416 e. The molecule has 0 aliphatic heterocycles. The third-order valence-electron chi connectivity index (χ3n) is 4.17. The van der Waals surface area contributed by atoms with E-state index in [0.29, 0.717) is 17.4 Å². The highest BCUT2D eigenvalue weighted by Gasteiger charge is 2.31. The second-order valence-electron chi connectivity index (χ2n) is 5.66. The lowest BCUT2D eigenvalue weighted by Gasteiger charge is -2.25. The Balaban J connectivity index is 1.89. The third kappa shape index (κ3) is 2.90. The van der Waals surface area contributed by atoms with Crippen LogP contribution >= 0.6 is 0 Å². The number of hydrogen-bond donors (Lipinski definition) is 1. The first-order valence-electron chi connectivity index (χ1n) is 7.18. The molecule has 1 unspecified atom stereocenters. The van der Waals surface area contributed by atoms with Gasteiger partial charge < -0.3 is 10.2 Å². The van der Waals surface area contributed by atoms with E-state index in [1.54, 1.807) is 0 Å². The van der Waals surface area contributed by atoms with E-state index in [2.05, 4.69) is 4.98 Å². The fourth-order valence-corrected chi connectivity index (χ4v) is 2.96. The van der Waals surface area contributed by atoms with Gasteiger partial charge in [-0.3, -0.25) is 0 Å². The summed E-state index contributed by atoms with van der Waals surface area (Å²) in [5.74, 6) is 0.644. The zero-order chi connectivity index (χ0) is 15.0. The van der Waals surface area contributed by atoms with E-state index in [9.17, 15) is 13.2 Å². The Bertz CT molecular complexity index is 629. The van der Waals surface area contributed by atoms with Crippen LogP contribution in [0.2, 0.25) is 0 Å². The quantitative estimate of drug-likeness (QED) is 0.892. The second-order valence-corrected chi connectivity index (χ2v) is 5.66. The number of nitrogens with zero attached hydrogens (tertiary/aromatic N) is 1. The summed E-state index contributed by atoms with van der Waals surface area (Å²) in [6, 6.07) is 2.98. The molecular formula is C15H17F3N2O. The van der Waals surface area contributed by atoms with Crippen molar-refractivity contribution in [2.75, 3.05) is 0 Å². The summed E-state index contributed by atoms with van der Waals surface area (Å²) in [4.78, 5) is 4.17. The summed E-state index contributed by atoms with van der Waals surface area (Å²) in [6.07, 6.45) is 1.15. The predicted molar refractivity (Wildman–Crippen MR) is 72.5 cm³/mol. The van der Waals surface area contributed by atoms with Crippen molar-refractivity contribution in [3.05, 3.63) is 29.7 Å². The molecular weight excluding hydrogens is 281 g/mol. The van der Waals surface area contributed by atoms with Gasteiger partial charge in [-0.2, -0.15) is 13.2 Å². The molecule has 1 saturated carbocycles. The molecule has 3 rings (SSSR count). The summed E-state index contributed by atoms with van der Waals surface area (Å²) in [5, 5.41) is 0. The molecule has 6 heteroatoms. The summed E-state index contributed by atoms with van der Waals surface area (Å²) in [7, 11) is 0. The molecule has 2 N–H and O–H groups in total. The average molecular weight is 298 g/mol. The predicted octanol–water partition coefficient (Wildman–Crippen LogP) is 4.43. The first-order valence-corrected chi connectivity index (χ1v) is 7.18. The van der Waals surface area contributed by atoms with Crippen LogP contribution in [0, 0.1) is 5.92 Å². The minimum atomic E-state index is -4.38. The van der Waals surface area contributed by atoms with E-state index >= 15 is 0 Å². The number of benzene rings is 1. The first-order chi connectivity index (χ1) is 9.95. The SMILES string of the molecule is NC(c1nc2cc(C(F)(F)F)ccc2o1)C1CCCCC1. The van der Waals surface area contributed by atoms with Crippen LogP contribution in [0.1, 0.15) is 49.6 Å². The van der Waals surface area contributed by atoms with Gasteiger partial charge in [0.2, 0.25) is 5.89 Å². The molecule has 1 heterocycles. The van der Waals surface area contributed by atoms with Crippen molar-refractivity contribution in [2.45, 2.75) is 44.3 Å². The van der Waals surface area contributed by atoms with Crippen molar-refractivity contribution in [1.82, 2.24) is 4.98 Å². The Morgan fingerprint density at radius 1 is 1.19 bits per heavy atom. The molecule has 1 aromatic carbocycles. The summed E-state index contributed by atoms with van der Waals surface area (Å²) < 4.78 is 43.6. The second kappa shape index (κ2) is 5.33. The summed E-state index contributed by atoms with van der Waals surface area (Å²) in [5.41, 5.74) is 6.02. The van der Waals surface area contributed by atoms with Crippen LogP contribution in [0.15, 0.2) is 22.6 Å². The highest BCUT2D eigenvalue weighted by molar-refractivity contribution is 5.73. The van der Waals surface area contributed by atoms with E-state index in [1.807, 2.05) is 0 Å². The fraction of sp³-hybridized carbons (Fsp3) is 0.533. The molecule has 0 spiro atoms. The van der Waals surface area contributed by atoms with E-state index in [4.69, 9.17) is 10.2 Å². The van der Waals surface area contributed by atoms with E-state index < -0.39 is 11.7 Å². The highest BCUT2D eigenvalue weighted by atomic mass is 19.4. The number of oxazole rings is 1. The third-order valence-corrected chi connectivity index (χ3v) is 4.17. The molecule has 2 aromatic rings. The molecule has 0 radical (unpaired) electrons. The number of hydrogen-bond acceptors (Lipinski definition) is 3. The molecule has 3 nitrogen and oxygen atoms in total. The Morgan fingerprint density at radius 2 is 1.90 bits per heavy atom. The zero-order valence-corrected chi connectivity index (χ0v) is 11.5. The maximum atomic E-state index is 12.7. The molecule has 0 saturated heterocycles. The van der Waals surface area contributed by atoms with Crippen LogP contribution < -0.4 is 5.73 Å². The Kier molecular flexibility index (Phi) is 3.65. The number of halogens is 3. The van der Waals surface area contributed by atoms with Gasteiger partial charge in [-0.05, 0) is 37.0 Å². The van der Waals surface area contributed by atoms with E-state index in [0.717, 1.165) is 37.8 Å². The lowest BCUT2D eigenvalue weighted by Crippen LogP contribution is -2.23. The van der Waals surface area contributed by atoms with E-state index in [1.165, 1.54) is 12.5 Å². The number of alkyl halides is 3. The molecule has 1 aliphatic rings. The van der Waals surface area contributed by atoms with Crippen molar-refractivity contribution < 1.29 is 17.6 Å². The van der Waals surface area contributed by atoms with Crippen molar-refractivity contribution >= 4 is 11.1 Å². The van der Waals surface area contributed by atoms with Gasteiger partial charge in [-0.1, -0.05) is 19.3 Å². The monoisotopic (exact) mass is 298 g/mol. The maximum absolute atomic E-state index is 12.7. The van der Waals surface area contributed by atoms with Gasteiger partial charge in [0.05, 0.1) is 11.6 Å². The number of rotatable bonds is 2. The van der Waals surface area contributed by atoms with Gasteiger partial charge in [0, 0.05) is 0 Å². The van der Waals surface area contributed by atoms with Crippen molar-refractivity contribution in [3.8, 4) is 0 Å². The maximum Gasteiger partial charge on any atom is 0.416 e. The lowest BCUT2D eigenvalue weighted by atomic mass is 9.84. The fourth-order valence-electron chi connectivity index (χ4n) is 2.96. The van der Waals surface area contributed by atoms with Crippen molar-refractivity contribution in [3.63, 3.8) is 0 Å². The van der Waals surface area contributed by atoms with Crippen LogP contribution in [0.25, 0.3) is 11.1 Å². The van der Waals surface area contributed by atoms with Gasteiger partial charge in [-0.25, -0.2) is 4.98 Å². The van der Waals surface area contributed by atoms with Crippen LogP contribution in [-0.2, 0) is 6.18 Å². The zero-order valence-electron chi connectivity index (χ0n) is 11.5. The minimum absolute atomic E-state index is 0.214. The molecule has 1 aliphatic carbocycles. The standard InChI is InChI=1S/C15H17F3N2O/c16-15(17,18)10-6-7-12-11(8-10)20-14(21-12)13(19)9-4-2-1-3-5-9/h6-9,13H,1-5,19H2. The van der Waals surface area contributed by atoms with Crippen LogP contribution in [0.3, 0.4) is 0 Å². The molecule has 0 bridgehead atoms. The van der Waals surface area contributed by atoms with Gasteiger partial charge >= 0.3 is 6.18 Å². The van der Waals surface area contributed by atoms with Crippen molar-refractivity contribution in [2.24, 2.45) is 11.7 Å². The minimum Gasteiger partial charge on any atom is -0.439 e. The molecule has 1 fully saturated rings. The van der Waals surface area contributed by atoms with E-state index in [-0.39, 0.29) is 11.6 Å². The molecule has 0 amide bonds. The molecule has 1 aromatic heterocycles. The molecule has 1 atom stereocenters. The Morgan fingerprint density at radius 3 is 2.57 bits per heavy atom. The summed E-state index contributed by atoms with van der Waals surface area (Å²) >= 11 is 0. The lowest BCUT2D eigenvalue weighted by molar-refractivity contribution is -0.137.